The second-order valence-corrected chi connectivity index (χ2v) is 4.41. The number of thiophene rings is 1. The number of hydrogen-bond acceptors (Lipinski definition) is 5. The van der Waals surface area contributed by atoms with Gasteiger partial charge in [-0.15, -0.1) is 17.9 Å². The summed E-state index contributed by atoms with van der Waals surface area (Å²) in [7, 11) is 1.63. The molecule has 17 heavy (non-hydrogen) atoms. The zero-order chi connectivity index (χ0) is 12.5. The minimum absolute atomic E-state index is 0.194. The molecule has 0 radical (unpaired) electrons. The quantitative estimate of drug-likeness (QED) is 0.417. The van der Waals surface area contributed by atoms with Crippen LogP contribution in [-0.2, 0) is 14.2 Å². The number of rotatable bonds is 9. The van der Waals surface area contributed by atoms with E-state index in [1.165, 1.54) is 0 Å². The zero-order valence-corrected chi connectivity index (χ0v) is 10.8. The highest BCUT2D eigenvalue weighted by atomic mass is 32.1. The van der Waals surface area contributed by atoms with Crippen LogP contribution in [0.25, 0.3) is 0 Å². The molecule has 0 bridgehead atoms. The number of nitrogens with two attached hydrogens (primary N) is 1. The summed E-state index contributed by atoms with van der Waals surface area (Å²) in [5.41, 5.74) is 6.07. The van der Waals surface area contributed by atoms with Crippen LogP contribution in [0, 0.1) is 0 Å². The highest BCUT2D eigenvalue weighted by molar-refractivity contribution is 7.10. The third-order valence-electron chi connectivity index (χ3n) is 2.23. The molecule has 0 aliphatic rings. The van der Waals surface area contributed by atoms with Crippen LogP contribution in [0.2, 0.25) is 0 Å². The SMILES string of the molecule is C=C[C@@H](OCOCCOC)[C@H](N)c1cccs1. The zero-order valence-electron chi connectivity index (χ0n) is 10.0. The minimum Gasteiger partial charge on any atom is -0.382 e. The average molecular weight is 257 g/mol. The van der Waals surface area contributed by atoms with Gasteiger partial charge in [0.2, 0.25) is 0 Å². The van der Waals surface area contributed by atoms with Crippen molar-refractivity contribution in [3.8, 4) is 0 Å². The summed E-state index contributed by atoms with van der Waals surface area (Å²) in [6.45, 7) is 4.98. The number of hydrogen-bond donors (Lipinski definition) is 1. The van der Waals surface area contributed by atoms with E-state index in [0.717, 1.165) is 4.88 Å². The minimum atomic E-state index is -0.240. The molecule has 0 aliphatic carbocycles. The fraction of sp³-hybridized carbons (Fsp3) is 0.500. The Morgan fingerprint density at radius 2 is 2.35 bits per heavy atom. The van der Waals surface area contributed by atoms with Gasteiger partial charge in [-0.3, -0.25) is 0 Å². The van der Waals surface area contributed by atoms with E-state index in [9.17, 15) is 0 Å². The Kier molecular flexibility index (Phi) is 7.07. The predicted octanol–water partition coefficient (Wildman–Crippen LogP) is 1.94. The van der Waals surface area contributed by atoms with Crippen molar-refractivity contribution >= 4 is 11.3 Å². The van der Waals surface area contributed by atoms with Crippen molar-refractivity contribution < 1.29 is 14.2 Å². The fourth-order valence-corrected chi connectivity index (χ4v) is 2.05. The maximum Gasteiger partial charge on any atom is 0.147 e. The van der Waals surface area contributed by atoms with Crippen molar-refractivity contribution in [2.45, 2.75) is 12.1 Å². The Hall–Kier alpha value is -0.720. The average Bonchev–Trinajstić information content (AvgIpc) is 2.87. The van der Waals surface area contributed by atoms with Crippen molar-refractivity contribution in [1.29, 1.82) is 0 Å². The molecule has 2 atom stereocenters. The van der Waals surface area contributed by atoms with Gasteiger partial charge in [0.25, 0.3) is 0 Å². The molecule has 0 aromatic carbocycles. The molecule has 0 spiro atoms. The monoisotopic (exact) mass is 257 g/mol. The maximum absolute atomic E-state index is 6.07. The Balaban J connectivity index is 2.30. The van der Waals surface area contributed by atoms with Crippen LogP contribution < -0.4 is 5.73 Å². The smallest absolute Gasteiger partial charge is 0.147 e. The Labute approximate surface area is 106 Å². The summed E-state index contributed by atoms with van der Waals surface area (Å²) < 4.78 is 15.6. The van der Waals surface area contributed by atoms with Crippen LogP contribution in [0.15, 0.2) is 30.2 Å². The van der Waals surface area contributed by atoms with E-state index in [4.69, 9.17) is 19.9 Å². The van der Waals surface area contributed by atoms with E-state index in [1.807, 2.05) is 17.5 Å². The second-order valence-electron chi connectivity index (χ2n) is 3.43. The summed E-state index contributed by atoms with van der Waals surface area (Å²) in [6.07, 6.45) is 1.46. The lowest BCUT2D eigenvalue weighted by Gasteiger charge is -2.20. The van der Waals surface area contributed by atoms with Crippen molar-refractivity contribution in [1.82, 2.24) is 0 Å². The van der Waals surface area contributed by atoms with Crippen molar-refractivity contribution in [3.63, 3.8) is 0 Å². The number of ether oxygens (including phenoxy) is 3. The molecule has 1 aromatic rings. The summed E-state index contributed by atoms with van der Waals surface area (Å²) in [4.78, 5) is 1.08. The van der Waals surface area contributed by atoms with Crippen molar-refractivity contribution in [2.24, 2.45) is 5.73 Å². The van der Waals surface area contributed by atoms with Gasteiger partial charge in [-0.25, -0.2) is 0 Å². The molecule has 0 saturated heterocycles. The first-order valence-electron chi connectivity index (χ1n) is 5.39. The molecule has 5 heteroatoms. The third-order valence-corrected chi connectivity index (χ3v) is 3.21. The van der Waals surface area contributed by atoms with E-state index in [-0.39, 0.29) is 18.9 Å². The van der Waals surface area contributed by atoms with E-state index < -0.39 is 0 Å². The van der Waals surface area contributed by atoms with Crippen LogP contribution in [0.5, 0.6) is 0 Å². The molecule has 0 fully saturated rings. The maximum atomic E-state index is 6.07. The van der Waals surface area contributed by atoms with Crippen LogP contribution >= 0.6 is 11.3 Å². The summed E-state index contributed by atoms with van der Waals surface area (Å²) in [6, 6.07) is 3.76. The van der Waals surface area contributed by atoms with Gasteiger partial charge in [0.15, 0.2) is 0 Å². The topological polar surface area (TPSA) is 53.7 Å². The van der Waals surface area contributed by atoms with Crippen LogP contribution in [0.4, 0.5) is 0 Å². The van der Waals surface area contributed by atoms with Gasteiger partial charge < -0.3 is 19.9 Å². The molecule has 4 nitrogen and oxygen atoms in total. The van der Waals surface area contributed by atoms with E-state index in [2.05, 4.69) is 6.58 Å². The predicted molar refractivity (Wildman–Crippen MR) is 69.0 cm³/mol. The first-order valence-corrected chi connectivity index (χ1v) is 6.27. The highest BCUT2D eigenvalue weighted by Gasteiger charge is 2.17. The van der Waals surface area contributed by atoms with Crippen LogP contribution in [0.3, 0.4) is 0 Å². The van der Waals surface area contributed by atoms with Crippen molar-refractivity contribution in [3.05, 3.63) is 35.0 Å². The molecule has 1 aromatic heterocycles. The van der Waals surface area contributed by atoms with Crippen LogP contribution in [-0.4, -0.2) is 33.2 Å². The Morgan fingerprint density at radius 1 is 1.53 bits per heavy atom. The third kappa shape index (κ3) is 4.97. The lowest BCUT2D eigenvalue weighted by Crippen LogP contribution is -2.27. The fourth-order valence-electron chi connectivity index (χ4n) is 1.29. The normalized spacial score (nSPS) is 14.5. The molecule has 0 saturated carbocycles. The van der Waals surface area contributed by atoms with Gasteiger partial charge >= 0.3 is 0 Å². The Bertz CT molecular complexity index is 303. The van der Waals surface area contributed by atoms with Gasteiger partial charge in [0.1, 0.15) is 6.79 Å². The van der Waals surface area contributed by atoms with Crippen LogP contribution in [0.1, 0.15) is 10.9 Å². The summed E-state index contributed by atoms with van der Waals surface area (Å²) in [5.74, 6) is 0. The molecular weight excluding hydrogens is 238 g/mol. The first-order chi connectivity index (χ1) is 8.29. The van der Waals surface area contributed by atoms with Gasteiger partial charge in [0, 0.05) is 12.0 Å². The standard InChI is InChI=1S/C12H19NO3S/c1-3-10(16-9-15-7-6-14-2)12(13)11-5-4-8-17-11/h3-5,8,10,12H,1,6-7,9,13H2,2H3/t10-,12+/m1/s1. The van der Waals surface area contributed by atoms with Gasteiger partial charge in [0.05, 0.1) is 25.4 Å². The lowest BCUT2D eigenvalue weighted by molar-refractivity contribution is -0.0900. The molecule has 96 valence electrons. The first kappa shape index (κ1) is 14.3. The second kappa shape index (κ2) is 8.38. The lowest BCUT2D eigenvalue weighted by atomic mass is 10.1. The van der Waals surface area contributed by atoms with Gasteiger partial charge in [-0.2, -0.15) is 0 Å². The molecule has 1 rings (SSSR count). The summed E-state index contributed by atoms with van der Waals surface area (Å²) in [5, 5.41) is 1.99. The highest BCUT2D eigenvalue weighted by Crippen LogP contribution is 2.22. The van der Waals surface area contributed by atoms with Gasteiger partial charge in [-0.05, 0) is 11.4 Å². The largest absolute Gasteiger partial charge is 0.382 e. The molecule has 2 N–H and O–H groups in total. The Morgan fingerprint density at radius 3 is 2.94 bits per heavy atom. The van der Waals surface area contributed by atoms with E-state index in [0.29, 0.717) is 13.2 Å². The van der Waals surface area contributed by atoms with E-state index in [1.54, 1.807) is 24.5 Å². The molecule has 0 amide bonds. The molecule has 0 unspecified atom stereocenters. The number of methoxy groups -OCH3 is 1. The molecular formula is C12H19NO3S. The van der Waals surface area contributed by atoms with Gasteiger partial charge in [-0.1, -0.05) is 12.1 Å². The molecule has 0 aliphatic heterocycles. The van der Waals surface area contributed by atoms with E-state index >= 15 is 0 Å². The molecule has 1 heterocycles. The van der Waals surface area contributed by atoms with Crippen molar-refractivity contribution in [2.75, 3.05) is 27.1 Å². The summed E-state index contributed by atoms with van der Waals surface area (Å²) >= 11 is 1.61.